The molecule has 0 aliphatic carbocycles. The molecule has 96 valence electrons. The van der Waals surface area contributed by atoms with Crippen LogP contribution in [0.4, 0.5) is 0 Å². The average molecular weight is 259 g/mol. The third-order valence-electron chi connectivity index (χ3n) is 2.64. The van der Waals surface area contributed by atoms with E-state index in [0.717, 1.165) is 18.4 Å². The lowest BCUT2D eigenvalue weighted by Gasteiger charge is -2.18. The Balaban J connectivity index is 3.13. The highest BCUT2D eigenvalue weighted by Gasteiger charge is 2.15. The summed E-state index contributed by atoms with van der Waals surface area (Å²) in [5.41, 5.74) is 3.78. The van der Waals surface area contributed by atoms with E-state index in [0.29, 0.717) is 16.5 Å². The lowest BCUT2D eigenvalue weighted by Crippen LogP contribution is -2.27. The fraction of sp³-hybridized carbons (Fsp3) is 0.500. The zero-order chi connectivity index (χ0) is 12.8. The molecule has 0 heterocycles. The number of hydrogen-bond acceptors (Lipinski definition) is 4. The van der Waals surface area contributed by atoms with E-state index in [2.05, 4.69) is 12.3 Å². The standard InChI is InChI=1S/C12H19ClN2O2/c1-4-5-10(15-14)8-6-9(13)12(17-3)11(7-8)16-2/h6-7,10,15H,4-5,14H2,1-3H3. The van der Waals surface area contributed by atoms with Crippen LogP contribution in [0, 0.1) is 0 Å². The molecule has 0 aromatic heterocycles. The first kappa shape index (κ1) is 14.1. The number of halogens is 1. The zero-order valence-corrected chi connectivity index (χ0v) is 11.2. The van der Waals surface area contributed by atoms with Gasteiger partial charge in [0, 0.05) is 6.04 Å². The molecule has 1 atom stereocenters. The van der Waals surface area contributed by atoms with E-state index in [4.69, 9.17) is 26.9 Å². The maximum Gasteiger partial charge on any atom is 0.179 e. The van der Waals surface area contributed by atoms with Crippen LogP contribution >= 0.6 is 11.6 Å². The Kier molecular flexibility index (Phi) is 5.55. The van der Waals surface area contributed by atoms with E-state index >= 15 is 0 Å². The van der Waals surface area contributed by atoms with Gasteiger partial charge in [-0.1, -0.05) is 24.9 Å². The summed E-state index contributed by atoms with van der Waals surface area (Å²) in [6.45, 7) is 2.10. The summed E-state index contributed by atoms with van der Waals surface area (Å²) in [6.07, 6.45) is 1.96. The molecule has 0 fully saturated rings. The highest BCUT2D eigenvalue weighted by molar-refractivity contribution is 6.32. The fourth-order valence-corrected chi connectivity index (χ4v) is 2.07. The van der Waals surface area contributed by atoms with Crippen LogP contribution < -0.4 is 20.7 Å². The van der Waals surface area contributed by atoms with Gasteiger partial charge in [0.1, 0.15) is 0 Å². The second kappa shape index (κ2) is 6.69. The van der Waals surface area contributed by atoms with E-state index in [1.807, 2.05) is 12.1 Å². The summed E-state index contributed by atoms with van der Waals surface area (Å²) >= 11 is 6.14. The minimum absolute atomic E-state index is 0.0670. The quantitative estimate of drug-likeness (QED) is 0.608. The van der Waals surface area contributed by atoms with Crippen LogP contribution in [0.5, 0.6) is 11.5 Å². The molecule has 1 aromatic rings. The Morgan fingerprint density at radius 2 is 2.06 bits per heavy atom. The van der Waals surface area contributed by atoms with Crippen molar-refractivity contribution in [2.24, 2.45) is 5.84 Å². The number of nitrogens with one attached hydrogen (secondary N) is 1. The Labute approximate surface area is 107 Å². The molecule has 0 saturated heterocycles. The molecule has 0 aliphatic rings. The van der Waals surface area contributed by atoms with Crippen molar-refractivity contribution >= 4 is 11.6 Å². The molecular formula is C12H19ClN2O2. The summed E-state index contributed by atoms with van der Waals surface area (Å²) in [4.78, 5) is 0. The van der Waals surface area contributed by atoms with E-state index in [-0.39, 0.29) is 6.04 Å². The molecule has 5 heteroatoms. The van der Waals surface area contributed by atoms with Crippen LogP contribution in [-0.4, -0.2) is 14.2 Å². The number of benzene rings is 1. The monoisotopic (exact) mass is 258 g/mol. The molecule has 4 nitrogen and oxygen atoms in total. The lowest BCUT2D eigenvalue weighted by molar-refractivity contribution is 0.353. The summed E-state index contributed by atoms with van der Waals surface area (Å²) in [5, 5.41) is 0.526. The number of nitrogens with two attached hydrogens (primary N) is 1. The zero-order valence-electron chi connectivity index (χ0n) is 10.4. The number of hydrogen-bond donors (Lipinski definition) is 2. The molecule has 1 unspecified atom stereocenters. The second-order valence-electron chi connectivity index (χ2n) is 3.75. The largest absolute Gasteiger partial charge is 0.493 e. The molecule has 0 radical (unpaired) electrons. The lowest BCUT2D eigenvalue weighted by atomic mass is 10.0. The van der Waals surface area contributed by atoms with Crippen molar-refractivity contribution in [1.82, 2.24) is 5.43 Å². The van der Waals surface area contributed by atoms with Gasteiger partial charge in [-0.25, -0.2) is 0 Å². The Morgan fingerprint density at radius 1 is 1.35 bits per heavy atom. The number of hydrazine groups is 1. The molecule has 0 saturated carbocycles. The van der Waals surface area contributed by atoms with Gasteiger partial charge in [0.25, 0.3) is 0 Å². The Bertz CT molecular complexity index is 372. The van der Waals surface area contributed by atoms with Gasteiger partial charge < -0.3 is 9.47 Å². The maximum absolute atomic E-state index is 6.14. The summed E-state index contributed by atoms with van der Waals surface area (Å²) < 4.78 is 10.4. The minimum atomic E-state index is 0.0670. The van der Waals surface area contributed by atoms with Crippen molar-refractivity contribution in [3.05, 3.63) is 22.7 Å². The van der Waals surface area contributed by atoms with Gasteiger partial charge in [0.15, 0.2) is 11.5 Å². The van der Waals surface area contributed by atoms with Crippen LogP contribution in [0.15, 0.2) is 12.1 Å². The normalized spacial score (nSPS) is 12.3. The van der Waals surface area contributed by atoms with Gasteiger partial charge in [0.2, 0.25) is 0 Å². The third-order valence-corrected chi connectivity index (χ3v) is 2.92. The molecule has 0 amide bonds. The predicted octanol–water partition coefficient (Wildman–Crippen LogP) is 2.66. The topological polar surface area (TPSA) is 56.5 Å². The molecule has 0 bridgehead atoms. The summed E-state index contributed by atoms with van der Waals surface area (Å²) in [5.74, 6) is 6.70. The number of rotatable bonds is 6. The Morgan fingerprint density at radius 3 is 2.53 bits per heavy atom. The van der Waals surface area contributed by atoms with Crippen LogP contribution in [0.1, 0.15) is 31.4 Å². The van der Waals surface area contributed by atoms with Crippen molar-refractivity contribution in [3.63, 3.8) is 0 Å². The van der Waals surface area contributed by atoms with Gasteiger partial charge >= 0.3 is 0 Å². The molecule has 1 aromatic carbocycles. The number of ether oxygens (including phenoxy) is 2. The maximum atomic E-state index is 6.14. The molecule has 0 spiro atoms. The first-order valence-corrected chi connectivity index (χ1v) is 5.93. The van der Waals surface area contributed by atoms with Crippen molar-refractivity contribution < 1.29 is 9.47 Å². The first-order chi connectivity index (χ1) is 8.17. The minimum Gasteiger partial charge on any atom is -0.493 e. The van der Waals surface area contributed by atoms with Crippen LogP contribution in [-0.2, 0) is 0 Å². The van der Waals surface area contributed by atoms with E-state index in [9.17, 15) is 0 Å². The van der Waals surface area contributed by atoms with Gasteiger partial charge in [-0.3, -0.25) is 11.3 Å². The molecule has 0 aliphatic heterocycles. The fourth-order valence-electron chi connectivity index (χ4n) is 1.77. The molecule has 3 N–H and O–H groups in total. The summed E-state index contributed by atoms with van der Waals surface area (Å²) in [6, 6.07) is 3.81. The van der Waals surface area contributed by atoms with Crippen molar-refractivity contribution in [2.45, 2.75) is 25.8 Å². The summed E-state index contributed by atoms with van der Waals surface area (Å²) in [7, 11) is 3.15. The number of methoxy groups -OCH3 is 2. The highest BCUT2D eigenvalue weighted by Crippen LogP contribution is 2.38. The Hall–Kier alpha value is -0.970. The van der Waals surface area contributed by atoms with E-state index in [1.165, 1.54) is 0 Å². The van der Waals surface area contributed by atoms with Gasteiger partial charge in [0.05, 0.1) is 19.2 Å². The van der Waals surface area contributed by atoms with Crippen molar-refractivity contribution in [1.29, 1.82) is 0 Å². The smallest absolute Gasteiger partial charge is 0.179 e. The highest BCUT2D eigenvalue weighted by atomic mass is 35.5. The second-order valence-corrected chi connectivity index (χ2v) is 4.15. The van der Waals surface area contributed by atoms with Crippen molar-refractivity contribution in [3.8, 4) is 11.5 Å². The SMILES string of the molecule is CCCC(NN)c1cc(Cl)c(OC)c(OC)c1. The molecular weight excluding hydrogens is 240 g/mol. The van der Waals surface area contributed by atoms with Crippen LogP contribution in [0.25, 0.3) is 0 Å². The average Bonchev–Trinajstić information content (AvgIpc) is 2.34. The van der Waals surface area contributed by atoms with Gasteiger partial charge in [-0.2, -0.15) is 0 Å². The van der Waals surface area contributed by atoms with Crippen LogP contribution in [0.3, 0.4) is 0 Å². The third kappa shape index (κ3) is 3.25. The van der Waals surface area contributed by atoms with E-state index < -0.39 is 0 Å². The van der Waals surface area contributed by atoms with Gasteiger partial charge in [-0.15, -0.1) is 0 Å². The molecule has 17 heavy (non-hydrogen) atoms. The molecule has 1 rings (SSSR count). The van der Waals surface area contributed by atoms with Crippen LogP contribution in [0.2, 0.25) is 5.02 Å². The predicted molar refractivity (Wildman–Crippen MR) is 69.5 cm³/mol. The first-order valence-electron chi connectivity index (χ1n) is 5.55. The van der Waals surface area contributed by atoms with Crippen molar-refractivity contribution in [2.75, 3.05) is 14.2 Å². The van der Waals surface area contributed by atoms with E-state index in [1.54, 1.807) is 14.2 Å². The van der Waals surface area contributed by atoms with Gasteiger partial charge in [-0.05, 0) is 24.1 Å².